The molecule has 6 heteroatoms. The van der Waals surface area contributed by atoms with Gasteiger partial charge in [-0.3, -0.25) is 9.69 Å². The quantitative estimate of drug-likeness (QED) is 0.726. The third-order valence-electron chi connectivity index (χ3n) is 4.76. The lowest BCUT2D eigenvalue weighted by Gasteiger charge is -2.27. The number of furan rings is 1. The van der Waals surface area contributed by atoms with Gasteiger partial charge in [0.2, 0.25) is 0 Å². The van der Waals surface area contributed by atoms with Gasteiger partial charge in [0.15, 0.2) is 5.76 Å². The zero-order valence-electron chi connectivity index (χ0n) is 14.9. The van der Waals surface area contributed by atoms with Crippen LogP contribution in [0.4, 0.5) is 0 Å². The number of morpholine rings is 1. The third-order valence-corrected chi connectivity index (χ3v) is 4.99. The Morgan fingerprint density at radius 3 is 2.67 bits per heavy atom. The summed E-state index contributed by atoms with van der Waals surface area (Å²) >= 11 is 5.99. The van der Waals surface area contributed by atoms with Gasteiger partial charge in [-0.05, 0) is 35.4 Å². The minimum Gasteiger partial charge on any atom is -0.451 e. The van der Waals surface area contributed by atoms with Crippen LogP contribution in [-0.2, 0) is 17.8 Å². The smallest absolute Gasteiger partial charge is 0.287 e. The molecule has 0 radical (unpaired) electrons. The third kappa shape index (κ3) is 4.33. The number of hydrogen-bond donors (Lipinski definition) is 1. The van der Waals surface area contributed by atoms with Gasteiger partial charge in [-0.1, -0.05) is 35.9 Å². The highest BCUT2D eigenvalue weighted by atomic mass is 35.5. The summed E-state index contributed by atoms with van der Waals surface area (Å²) in [7, 11) is 0. The molecule has 4 rings (SSSR count). The van der Waals surface area contributed by atoms with Crippen LogP contribution in [0.15, 0.2) is 52.9 Å². The Bertz CT molecular complexity index is 948. The molecule has 0 bridgehead atoms. The van der Waals surface area contributed by atoms with Crippen LogP contribution in [0.1, 0.15) is 21.7 Å². The molecule has 5 nitrogen and oxygen atoms in total. The second-order valence-corrected chi connectivity index (χ2v) is 7.07. The van der Waals surface area contributed by atoms with Gasteiger partial charge in [0, 0.05) is 36.6 Å². The molecule has 1 saturated heterocycles. The minimum absolute atomic E-state index is 0.233. The minimum atomic E-state index is -0.233. The van der Waals surface area contributed by atoms with Gasteiger partial charge in [0.1, 0.15) is 5.58 Å². The first kappa shape index (κ1) is 18.0. The van der Waals surface area contributed by atoms with E-state index in [9.17, 15) is 4.79 Å². The molecule has 0 unspecified atom stereocenters. The van der Waals surface area contributed by atoms with Crippen molar-refractivity contribution in [3.05, 3.63) is 70.4 Å². The van der Waals surface area contributed by atoms with Crippen molar-refractivity contribution in [1.29, 1.82) is 0 Å². The van der Waals surface area contributed by atoms with Crippen molar-refractivity contribution in [2.75, 3.05) is 26.3 Å². The number of amides is 1. The van der Waals surface area contributed by atoms with E-state index >= 15 is 0 Å². The molecule has 1 aromatic heterocycles. The Morgan fingerprint density at radius 2 is 1.85 bits per heavy atom. The molecule has 3 aromatic rings. The summed E-state index contributed by atoms with van der Waals surface area (Å²) < 4.78 is 11.0. The molecule has 1 amide bonds. The monoisotopic (exact) mass is 384 g/mol. The first-order chi connectivity index (χ1) is 13.2. The average molecular weight is 385 g/mol. The van der Waals surface area contributed by atoms with Crippen LogP contribution >= 0.6 is 11.6 Å². The summed E-state index contributed by atoms with van der Waals surface area (Å²) in [5, 5.41) is 4.40. The summed E-state index contributed by atoms with van der Waals surface area (Å²) in [6.45, 7) is 4.73. The van der Waals surface area contributed by atoms with Gasteiger partial charge in [-0.2, -0.15) is 0 Å². The van der Waals surface area contributed by atoms with Crippen LogP contribution in [0, 0.1) is 0 Å². The largest absolute Gasteiger partial charge is 0.451 e. The van der Waals surface area contributed by atoms with Gasteiger partial charge in [0.25, 0.3) is 5.91 Å². The maximum absolute atomic E-state index is 12.5. The molecule has 0 aliphatic carbocycles. The SMILES string of the molecule is O=C(NCc1ccccc1CN1CCOCC1)c1cc2cc(Cl)ccc2o1. The standard InChI is InChI=1S/C21H21ClN2O3/c22-18-5-6-19-17(11-18)12-20(27-19)21(25)23-13-15-3-1-2-4-16(15)14-24-7-9-26-10-8-24/h1-6,11-12H,7-10,13-14H2,(H,23,25). The van der Waals surface area contributed by atoms with Gasteiger partial charge in [-0.15, -0.1) is 0 Å². The molecular weight excluding hydrogens is 364 g/mol. The number of carbonyl (C=O) groups excluding carboxylic acids is 1. The molecule has 1 aliphatic heterocycles. The van der Waals surface area contributed by atoms with E-state index in [1.165, 1.54) is 5.56 Å². The van der Waals surface area contributed by atoms with Gasteiger partial charge < -0.3 is 14.5 Å². The van der Waals surface area contributed by atoms with Crippen molar-refractivity contribution >= 4 is 28.5 Å². The molecular formula is C21H21ClN2O3. The maximum atomic E-state index is 12.5. The molecule has 0 spiro atoms. The fraction of sp³-hybridized carbons (Fsp3) is 0.286. The van der Waals surface area contributed by atoms with E-state index in [1.807, 2.05) is 12.1 Å². The molecule has 1 N–H and O–H groups in total. The van der Waals surface area contributed by atoms with Crippen LogP contribution in [0.2, 0.25) is 5.02 Å². The van der Waals surface area contributed by atoms with E-state index in [0.717, 1.165) is 43.8 Å². The lowest BCUT2D eigenvalue weighted by molar-refractivity contribution is 0.0340. The maximum Gasteiger partial charge on any atom is 0.287 e. The van der Waals surface area contributed by atoms with Crippen molar-refractivity contribution in [2.45, 2.75) is 13.1 Å². The average Bonchev–Trinajstić information content (AvgIpc) is 3.11. The summed E-state index contributed by atoms with van der Waals surface area (Å²) in [4.78, 5) is 14.9. The van der Waals surface area contributed by atoms with E-state index in [4.69, 9.17) is 20.8 Å². The van der Waals surface area contributed by atoms with E-state index in [0.29, 0.717) is 17.2 Å². The molecule has 0 saturated carbocycles. The molecule has 1 fully saturated rings. The van der Waals surface area contributed by atoms with Crippen LogP contribution in [-0.4, -0.2) is 37.1 Å². The predicted octanol–water partition coefficient (Wildman–Crippen LogP) is 3.85. The lowest BCUT2D eigenvalue weighted by Crippen LogP contribution is -2.36. The molecule has 27 heavy (non-hydrogen) atoms. The van der Waals surface area contributed by atoms with Crippen LogP contribution in [0.5, 0.6) is 0 Å². The Morgan fingerprint density at radius 1 is 1.07 bits per heavy atom. The van der Waals surface area contributed by atoms with E-state index < -0.39 is 0 Å². The molecule has 0 atom stereocenters. The molecule has 140 valence electrons. The molecule has 2 heterocycles. The normalized spacial score (nSPS) is 15.1. The predicted molar refractivity (Wildman–Crippen MR) is 105 cm³/mol. The first-order valence-electron chi connectivity index (χ1n) is 9.03. The first-order valence-corrected chi connectivity index (χ1v) is 9.41. The van der Waals surface area contributed by atoms with Crippen molar-refractivity contribution in [1.82, 2.24) is 10.2 Å². The fourth-order valence-electron chi connectivity index (χ4n) is 3.27. The highest BCUT2D eigenvalue weighted by Gasteiger charge is 2.15. The van der Waals surface area contributed by atoms with E-state index in [1.54, 1.807) is 24.3 Å². The molecule has 1 aliphatic rings. The summed E-state index contributed by atoms with van der Waals surface area (Å²) in [5.74, 6) is 0.0569. The van der Waals surface area contributed by atoms with Crippen molar-refractivity contribution < 1.29 is 13.9 Å². The zero-order valence-corrected chi connectivity index (χ0v) is 15.7. The van der Waals surface area contributed by atoms with Gasteiger partial charge in [0.05, 0.1) is 13.2 Å². The molecule has 2 aromatic carbocycles. The lowest BCUT2D eigenvalue weighted by atomic mass is 10.1. The zero-order chi connectivity index (χ0) is 18.6. The van der Waals surface area contributed by atoms with Crippen molar-refractivity contribution in [3.63, 3.8) is 0 Å². The number of rotatable bonds is 5. The highest BCUT2D eigenvalue weighted by molar-refractivity contribution is 6.31. The van der Waals surface area contributed by atoms with Crippen molar-refractivity contribution in [3.8, 4) is 0 Å². The Hall–Kier alpha value is -2.34. The Labute approximate surface area is 162 Å². The van der Waals surface area contributed by atoms with E-state index in [2.05, 4.69) is 22.3 Å². The van der Waals surface area contributed by atoms with Crippen LogP contribution < -0.4 is 5.32 Å². The van der Waals surface area contributed by atoms with E-state index in [-0.39, 0.29) is 11.7 Å². The number of fused-ring (bicyclic) bond motifs is 1. The van der Waals surface area contributed by atoms with Gasteiger partial charge >= 0.3 is 0 Å². The fourth-order valence-corrected chi connectivity index (χ4v) is 3.45. The van der Waals surface area contributed by atoms with Crippen molar-refractivity contribution in [2.24, 2.45) is 0 Å². The second-order valence-electron chi connectivity index (χ2n) is 6.63. The number of hydrogen-bond acceptors (Lipinski definition) is 4. The highest BCUT2D eigenvalue weighted by Crippen LogP contribution is 2.23. The Balaban J connectivity index is 1.43. The van der Waals surface area contributed by atoms with Crippen LogP contribution in [0.25, 0.3) is 11.0 Å². The summed E-state index contributed by atoms with van der Waals surface area (Å²) in [5.41, 5.74) is 2.98. The number of carbonyl (C=O) groups is 1. The topological polar surface area (TPSA) is 54.7 Å². The second kappa shape index (κ2) is 8.13. The Kier molecular flexibility index (Phi) is 5.43. The number of ether oxygens (including phenoxy) is 1. The summed E-state index contributed by atoms with van der Waals surface area (Å²) in [6, 6.07) is 15.2. The van der Waals surface area contributed by atoms with Gasteiger partial charge in [-0.25, -0.2) is 0 Å². The van der Waals surface area contributed by atoms with Crippen LogP contribution in [0.3, 0.4) is 0 Å². The number of nitrogens with one attached hydrogen (secondary N) is 1. The number of nitrogens with zero attached hydrogens (tertiary/aromatic N) is 1. The summed E-state index contributed by atoms with van der Waals surface area (Å²) in [6.07, 6.45) is 0. The number of benzene rings is 2. The number of halogens is 1.